The maximum Gasteiger partial charge on any atom is 0.387 e. The monoisotopic (exact) mass is 579 g/mol. The first-order valence-corrected chi connectivity index (χ1v) is 13.1. The predicted octanol–water partition coefficient (Wildman–Crippen LogP) is 3.69. The van der Waals surface area contributed by atoms with E-state index in [0.717, 1.165) is 25.8 Å². The minimum absolute atomic E-state index is 0.0597. The summed E-state index contributed by atoms with van der Waals surface area (Å²) in [5.41, 5.74) is 0.963. The Labute approximate surface area is 229 Å². The van der Waals surface area contributed by atoms with Crippen LogP contribution < -0.4 is 20.1 Å². The normalized spacial score (nSPS) is 14.0. The van der Waals surface area contributed by atoms with Crippen molar-refractivity contribution < 1.29 is 45.8 Å². The number of anilines is 1. The number of carbonyl (C=O) groups excluding carboxylic acids is 3. The molecule has 214 valence electrons. The Morgan fingerprint density at radius 1 is 0.900 bits per heavy atom. The Morgan fingerprint density at radius 2 is 1.45 bits per heavy atom. The van der Waals surface area contributed by atoms with E-state index in [4.69, 9.17) is 9.47 Å². The molecule has 0 bridgehead atoms. The van der Waals surface area contributed by atoms with Gasteiger partial charge in [0, 0.05) is 22.6 Å². The molecule has 0 aromatic heterocycles. The molecule has 0 saturated carbocycles. The highest BCUT2D eigenvalue weighted by Crippen LogP contribution is 2.44. The Balaban J connectivity index is 2.09. The van der Waals surface area contributed by atoms with Crippen molar-refractivity contribution in [3.05, 3.63) is 76.1 Å². The van der Waals surface area contributed by atoms with Crippen LogP contribution in [0.3, 0.4) is 0 Å². The van der Waals surface area contributed by atoms with Crippen molar-refractivity contribution in [2.75, 3.05) is 19.5 Å². The van der Waals surface area contributed by atoms with Crippen LogP contribution >= 0.6 is 0 Å². The maximum atomic E-state index is 13.4. The highest BCUT2D eigenvalue weighted by molar-refractivity contribution is 7.90. The average Bonchev–Trinajstić information content (AvgIpc) is 2.88. The van der Waals surface area contributed by atoms with Crippen LogP contribution in [0.4, 0.5) is 19.3 Å². The van der Waals surface area contributed by atoms with E-state index in [1.54, 1.807) is 19.1 Å². The number of amides is 2. The summed E-state index contributed by atoms with van der Waals surface area (Å²) >= 11 is 0. The van der Waals surface area contributed by atoms with E-state index >= 15 is 0 Å². The lowest BCUT2D eigenvalue weighted by Crippen LogP contribution is -2.34. The molecule has 3 rings (SSSR count). The smallest absolute Gasteiger partial charge is 0.387 e. The Hall–Kier alpha value is -4.46. The molecule has 0 radical (unpaired) electrons. The highest BCUT2D eigenvalue weighted by Gasteiger charge is 2.39. The van der Waals surface area contributed by atoms with Crippen LogP contribution in [-0.2, 0) is 29.1 Å². The number of urea groups is 1. The molecule has 1 aliphatic heterocycles. The summed E-state index contributed by atoms with van der Waals surface area (Å²) in [7, 11) is -2.03. The van der Waals surface area contributed by atoms with Gasteiger partial charge in [-0.1, -0.05) is 17.7 Å². The first kappa shape index (κ1) is 30.1. The van der Waals surface area contributed by atoms with Crippen molar-refractivity contribution in [1.82, 2.24) is 10.0 Å². The predicted molar refractivity (Wildman–Crippen MR) is 139 cm³/mol. The van der Waals surface area contributed by atoms with Crippen LogP contribution in [0, 0.1) is 6.92 Å². The first-order valence-electron chi connectivity index (χ1n) is 11.6. The third-order valence-electron chi connectivity index (χ3n) is 5.92. The van der Waals surface area contributed by atoms with E-state index in [1.165, 1.54) is 38.1 Å². The molecule has 0 spiro atoms. The number of benzene rings is 2. The number of sulfonamides is 1. The van der Waals surface area contributed by atoms with Gasteiger partial charge in [0.1, 0.15) is 5.75 Å². The van der Waals surface area contributed by atoms with Gasteiger partial charge >= 0.3 is 24.6 Å². The molecule has 0 fully saturated rings. The topological polar surface area (TPSA) is 149 Å². The van der Waals surface area contributed by atoms with Gasteiger partial charge in [-0.05, 0) is 51.1 Å². The fourth-order valence-corrected chi connectivity index (χ4v) is 5.08. The second kappa shape index (κ2) is 12.2. The minimum Gasteiger partial charge on any atom is -0.466 e. The first-order chi connectivity index (χ1) is 18.8. The summed E-state index contributed by atoms with van der Waals surface area (Å²) in [4.78, 5) is 38.1. The number of methoxy groups -OCH3 is 2. The summed E-state index contributed by atoms with van der Waals surface area (Å²) in [5.74, 6) is -3.47. The van der Waals surface area contributed by atoms with Gasteiger partial charge in [-0.2, -0.15) is 8.78 Å². The van der Waals surface area contributed by atoms with Crippen LogP contribution in [0.25, 0.3) is 0 Å². The Kier molecular flexibility index (Phi) is 9.14. The Bertz CT molecular complexity index is 1460. The third kappa shape index (κ3) is 6.57. The van der Waals surface area contributed by atoms with Crippen molar-refractivity contribution >= 4 is 33.7 Å². The van der Waals surface area contributed by atoms with Gasteiger partial charge in [0.15, 0.2) is 0 Å². The summed E-state index contributed by atoms with van der Waals surface area (Å²) in [6, 6.07) is 8.05. The number of ether oxygens (including phenoxy) is 3. The van der Waals surface area contributed by atoms with Gasteiger partial charge in [0.25, 0.3) is 10.0 Å². The number of rotatable bonds is 8. The van der Waals surface area contributed by atoms with Gasteiger partial charge in [-0.3, -0.25) is 0 Å². The molecular formula is C26H27F2N3O8S. The van der Waals surface area contributed by atoms with E-state index in [9.17, 15) is 31.6 Å². The number of hydrogen-bond donors (Lipinski definition) is 3. The Morgan fingerprint density at radius 3 is 1.95 bits per heavy atom. The zero-order valence-electron chi connectivity index (χ0n) is 22.1. The lowest BCUT2D eigenvalue weighted by Gasteiger charge is -2.31. The number of carbonyl (C=O) groups is 3. The van der Waals surface area contributed by atoms with Crippen molar-refractivity contribution in [3.63, 3.8) is 0 Å². The molecule has 1 aliphatic rings. The highest BCUT2D eigenvalue weighted by atomic mass is 32.2. The minimum atomic E-state index is -4.24. The van der Waals surface area contributed by atoms with Gasteiger partial charge in [-0.15, -0.1) is 0 Å². The van der Waals surface area contributed by atoms with Gasteiger partial charge in [-0.25, -0.2) is 27.5 Å². The second-order valence-electron chi connectivity index (χ2n) is 8.62. The lowest BCUT2D eigenvalue weighted by atomic mass is 9.79. The van der Waals surface area contributed by atoms with Crippen LogP contribution in [-0.4, -0.2) is 47.2 Å². The molecule has 3 N–H and O–H groups in total. The van der Waals surface area contributed by atoms with Gasteiger partial charge in [0.05, 0.1) is 36.2 Å². The molecule has 11 nitrogen and oxygen atoms in total. The van der Waals surface area contributed by atoms with Crippen molar-refractivity contribution in [2.45, 2.75) is 38.2 Å². The van der Waals surface area contributed by atoms with Crippen LogP contribution in [0.15, 0.2) is 69.9 Å². The van der Waals surface area contributed by atoms with E-state index in [1.807, 2.05) is 4.72 Å². The molecule has 1 heterocycles. The van der Waals surface area contributed by atoms with Gasteiger partial charge < -0.3 is 24.8 Å². The zero-order chi connectivity index (χ0) is 29.8. The van der Waals surface area contributed by atoms with E-state index in [-0.39, 0.29) is 38.7 Å². The number of halogens is 2. The molecule has 0 atom stereocenters. The fourth-order valence-electron chi connectivity index (χ4n) is 4.18. The van der Waals surface area contributed by atoms with E-state index in [2.05, 4.69) is 15.4 Å². The summed E-state index contributed by atoms with van der Waals surface area (Å²) in [6.07, 6.45) is 0. The molecule has 40 heavy (non-hydrogen) atoms. The van der Waals surface area contributed by atoms with Crippen molar-refractivity contribution in [3.8, 4) is 5.75 Å². The van der Waals surface area contributed by atoms with Crippen LogP contribution in [0.2, 0.25) is 0 Å². The van der Waals surface area contributed by atoms with E-state index in [0.29, 0.717) is 0 Å². The lowest BCUT2D eigenvalue weighted by molar-refractivity contribution is -0.137. The van der Waals surface area contributed by atoms with Gasteiger partial charge in [0.2, 0.25) is 0 Å². The van der Waals surface area contributed by atoms with Crippen LogP contribution in [0.1, 0.15) is 30.9 Å². The quantitative estimate of drug-likeness (QED) is 0.398. The standard InChI is InChI=1S/C26H27F2N3O8S/c1-13-6-9-17(10-7-13)40(35,36)31-26(34)30-16-8-11-19(39-25(27)28)18(12-16)22-20(23(32)37-4)14(2)29-15(3)21(22)24(33)38-5/h6-12,22,25,29H,1-5H3,(H2,30,31,34). The van der Waals surface area contributed by atoms with Crippen molar-refractivity contribution in [1.29, 1.82) is 0 Å². The number of allylic oxidation sites excluding steroid dienone is 2. The number of alkyl halides is 2. The van der Waals surface area contributed by atoms with Crippen LogP contribution in [0.5, 0.6) is 5.75 Å². The molecular weight excluding hydrogens is 552 g/mol. The summed E-state index contributed by atoms with van der Waals surface area (Å²) in [5, 5.41) is 5.21. The SMILES string of the molecule is COC(=O)C1=C(C)NC(C)=C(C(=O)OC)C1c1cc(NC(=O)NS(=O)(=O)c2ccc(C)cc2)ccc1OC(F)F. The van der Waals surface area contributed by atoms with Crippen molar-refractivity contribution in [2.24, 2.45) is 0 Å². The average molecular weight is 580 g/mol. The molecule has 2 aromatic carbocycles. The number of aryl methyl sites for hydroxylation is 1. The third-order valence-corrected chi connectivity index (χ3v) is 7.27. The molecule has 0 saturated heterocycles. The summed E-state index contributed by atoms with van der Waals surface area (Å²) < 4.78 is 68.2. The number of esters is 2. The molecule has 14 heteroatoms. The molecule has 0 unspecified atom stereocenters. The largest absolute Gasteiger partial charge is 0.466 e. The second-order valence-corrected chi connectivity index (χ2v) is 10.3. The maximum absolute atomic E-state index is 13.4. The molecule has 0 aliphatic carbocycles. The molecule has 2 aromatic rings. The zero-order valence-corrected chi connectivity index (χ0v) is 22.9. The fraction of sp³-hybridized carbons (Fsp3) is 0.269. The summed E-state index contributed by atoms with van der Waals surface area (Å²) in [6.45, 7) is 1.54. The number of nitrogens with one attached hydrogen (secondary N) is 3. The number of hydrogen-bond acceptors (Lipinski definition) is 9. The number of dihydropyridines is 1. The molecule has 2 amide bonds. The van der Waals surface area contributed by atoms with E-state index < -0.39 is 46.3 Å².